The summed E-state index contributed by atoms with van der Waals surface area (Å²) >= 11 is 0. The van der Waals surface area contributed by atoms with Gasteiger partial charge in [-0.15, -0.1) is 0 Å². The SMILES string of the molecule is O=C(c1cccnc1)c1cccc(F)c1F. The summed E-state index contributed by atoms with van der Waals surface area (Å²) < 4.78 is 26.2. The van der Waals surface area contributed by atoms with E-state index in [2.05, 4.69) is 4.98 Å². The van der Waals surface area contributed by atoms with E-state index in [4.69, 9.17) is 0 Å². The normalized spacial score (nSPS) is 10.1. The molecule has 2 aromatic rings. The fourth-order valence-electron chi connectivity index (χ4n) is 1.33. The van der Waals surface area contributed by atoms with Gasteiger partial charge in [0.15, 0.2) is 17.4 Å². The molecular formula is C12H7F2NO. The largest absolute Gasteiger partial charge is 0.288 e. The molecule has 2 nitrogen and oxygen atoms in total. The first-order valence-electron chi connectivity index (χ1n) is 4.59. The molecule has 0 aliphatic carbocycles. The number of carbonyl (C=O) groups is 1. The molecule has 0 spiro atoms. The Morgan fingerprint density at radius 1 is 1.12 bits per heavy atom. The Morgan fingerprint density at radius 3 is 2.62 bits per heavy atom. The van der Waals surface area contributed by atoms with Crippen molar-refractivity contribution in [1.82, 2.24) is 4.98 Å². The molecule has 80 valence electrons. The molecule has 0 aliphatic heterocycles. The number of aromatic nitrogens is 1. The summed E-state index contributed by atoms with van der Waals surface area (Å²) in [6.45, 7) is 0. The lowest BCUT2D eigenvalue weighted by Gasteiger charge is -2.02. The van der Waals surface area contributed by atoms with Crippen molar-refractivity contribution in [1.29, 1.82) is 0 Å². The molecule has 0 unspecified atom stereocenters. The van der Waals surface area contributed by atoms with Crippen LogP contribution in [0.25, 0.3) is 0 Å². The van der Waals surface area contributed by atoms with Crippen molar-refractivity contribution in [3.63, 3.8) is 0 Å². The average molecular weight is 219 g/mol. The van der Waals surface area contributed by atoms with Crippen LogP contribution < -0.4 is 0 Å². The number of rotatable bonds is 2. The van der Waals surface area contributed by atoms with Gasteiger partial charge in [0.25, 0.3) is 0 Å². The van der Waals surface area contributed by atoms with Crippen LogP contribution in [0.3, 0.4) is 0 Å². The fourth-order valence-corrected chi connectivity index (χ4v) is 1.33. The standard InChI is InChI=1S/C12H7F2NO/c13-10-5-1-4-9(11(10)14)12(16)8-3-2-6-15-7-8/h1-7H. The Morgan fingerprint density at radius 2 is 1.94 bits per heavy atom. The maximum absolute atomic E-state index is 13.3. The molecule has 0 radical (unpaired) electrons. The predicted octanol–water partition coefficient (Wildman–Crippen LogP) is 2.59. The van der Waals surface area contributed by atoms with Gasteiger partial charge in [-0.3, -0.25) is 9.78 Å². The van der Waals surface area contributed by atoms with Gasteiger partial charge in [-0.05, 0) is 24.3 Å². The van der Waals surface area contributed by atoms with Gasteiger partial charge in [-0.25, -0.2) is 8.78 Å². The molecule has 0 N–H and O–H groups in total. The van der Waals surface area contributed by atoms with Gasteiger partial charge in [-0.2, -0.15) is 0 Å². The molecule has 1 heterocycles. The molecule has 0 bridgehead atoms. The fraction of sp³-hybridized carbons (Fsp3) is 0. The summed E-state index contributed by atoms with van der Waals surface area (Å²) in [5.41, 5.74) is -0.0556. The zero-order valence-corrected chi connectivity index (χ0v) is 8.15. The van der Waals surface area contributed by atoms with E-state index in [-0.39, 0.29) is 11.1 Å². The molecule has 16 heavy (non-hydrogen) atoms. The van der Waals surface area contributed by atoms with E-state index in [0.717, 1.165) is 6.07 Å². The number of ketones is 1. The van der Waals surface area contributed by atoms with Crippen molar-refractivity contribution in [3.05, 3.63) is 65.5 Å². The highest BCUT2D eigenvalue weighted by atomic mass is 19.2. The summed E-state index contributed by atoms with van der Waals surface area (Å²) in [5.74, 6) is -2.74. The van der Waals surface area contributed by atoms with E-state index in [9.17, 15) is 13.6 Å². The second-order valence-corrected chi connectivity index (χ2v) is 3.17. The van der Waals surface area contributed by atoms with Crippen LogP contribution in [0.2, 0.25) is 0 Å². The highest BCUT2D eigenvalue weighted by Gasteiger charge is 2.16. The molecule has 0 saturated carbocycles. The summed E-state index contributed by atoms with van der Waals surface area (Å²) in [7, 11) is 0. The van der Waals surface area contributed by atoms with Gasteiger partial charge in [-0.1, -0.05) is 6.07 Å². The van der Waals surface area contributed by atoms with E-state index in [0.29, 0.717) is 0 Å². The van der Waals surface area contributed by atoms with Gasteiger partial charge in [0.05, 0.1) is 5.56 Å². The van der Waals surface area contributed by atoms with Gasteiger partial charge in [0, 0.05) is 18.0 Å². The Balaban J connectivity index is 2.46. The number of hydrogen-bond acceptors (Lipinski definition) is 2. The van der Waals surface area contributed by atoms with Crippen LogP contribution in [0, 0.1) is 11.6 Å². The van der Waals surface area contributed by atoms with Crippen molar-refractivity contribution in [3.8, 4) is 0 Å². The van der Waals surface area contributed by atoms with Crippen LogP contribution in [0.5, 0.6) is 0 Å². The van der Waals surface area contributed by atoms with Crippen molar-refractivity contribution in [2.75, 3.05) is 0 Å². The highest BCUT2D eigenvalue weighted by Crippen LogP contribution is 2.15. The van der Waals surface area contributed by atoms with Gasteiger partial charge >= 0.3 is 0 Å². The maximum atomic E-state index is 13.3. The third-order valence-corrected chi connectivity index (χ3v) is 2.12. The summed E-state index contributed by atoms with van der Waals surface area (Å²) in [6, 6.07) is 6.56. The first-order chi connectivity index (χ1) is 7.70. The van der Waals surface area contributed by atoms with Crippen LogP contribution in [0.1, 0.15) is 15.9 Å². The van der Waals surface area contributed by atoms with Gasteiger partial charge < -0.3 is 0 Å². The van der Waals surface area contributed by atoms with E-state index >= 15 is 0 Å². The minimum atomic E-state index is -1.13. The van der Waals surface area contributed by atoms with Gasteiger partial charge in [0.2, 0.25) is 0 Å². The average Bonchev–Trinajstić information content (AvgIpc) is 2.33. The van der Waals surface area contributed by atoms with Crippen LogP contribution >= 0.6 is 0 Å². The van der Waals surface area contributed by atoms with Crippen LogP contribution in [0.15, 0.2) is 42.7 Å². The molecule has 0 aliphatic rings. The molecule has 0 amide bonds. The summed E-state index contributed by atoms with van der Waals surface area (Å²) in [5, 5.41) is 0. The number of nitrogens with zero attached hydrogens (tertiary/aromatic N) is 1. The minimum Gasteiger partial charge on any atom is -0.288 e. The lowest BCUT2D eigenvalue weighted by molar-refractivity contribution is 0.103. The molecule has 0 atom stereocenters. The predicted molar refractivity (Wildman–Crippen MR) is 54.0 cm³/mol. The van der Waals surface area contributed by atoms with E-state index in [1.165, 1.54) is 30.6 Å². The first-order valence-corrected chi connectivity index (χ1v) is 4.59. The third-order valence-electron chi connectivity index (χ3n) is 2.12. The second kappa shape index (κ2) is 4.18. The van der Waals surface area contributed by atoms with Crippen molar-refractivity contribution in [2.24, 2.45) is 0 Å². The molecule has 0 saturated heterocycles. The highest BCUT2D eigenvalue weighted by molar-refractivity contribution is 6.08. The number of halogens is 2. The van der Waals surface area contributed by atoms with E-state index < -0.39 is 17.4 Å². The molecule has 0 fully saturated rings. The topological polar surface area (TPSA) is 30.0 Å². The van der Waals surface area contributed by atoms with Crippen molar-refractivity contribution in [2.45, 2.75) is 0 Å². The Kier molecular flexibility index (Phi) is 2.72. The number of carbonyl (C=O) groups excluding carboxylic acids is 1. The minimum absolute atomic E-state index is 0.229. The number of benzene rings is 1. The Hall–Kier alpha value is -2.10. The molecule has 1 aromatic heterocycles. The third kappa shape index (κ3) is 1.82. The zero-order chi connectivity index (χ0) is 11.5. The Labute approximate surface area is 90.6 Å². The monoisotopic (exact) mass is 219 g/mol. The summed E-state index contributed by atoms with van der Waals surface area (Å²) in [4.78, 5) is 15.5. The Bertz CT molecular complexity index is 526. The van der Waals surface area contributed by atoms with Gasteiger partial charge in [0.1, 0.15) is 0 Å². The lowest BCUT2D eigenvalue weighted by Crippen LogP contribution is -2.05. The van der Waals surface area contributed by atoms with Crippen LogP contribution in [-0.4, -0.2) is 10.8 Å². The maximum Gasteiger partial charge on any atom is 0.197 e. The molecule has 1 aromatic carbocycles. The van der Waals surface area contributed by atoms with E-state index in [1.54, 1.807) is 6.07 Å². The summed E-state index contributed by atoms with van der Waals surface area (Å²) in [6.07, 6.45) is 2.81. The van der Waals surface area contributed by atoms with E-state index in [1.807, 2.05) is 0 Å². The number of hydrogen-bond donors (Lipinski definition) is 0. The zero-order valence-electron chi connectivity index (χ0n) is 8.15. The van der Waals surface area contributed by atoms with Crippen LogP contribution in [-0.2, 0) is 0 Å². The molecular weight excluding hydrogens is 212 g/mol. The lowest BCUT2D eigenvalue weighted by atomic mass is 10.0. The molecule has 2 rings (SSSR count). The second-order valence-electron chi connectivity index (χ2n) is 3.17. The smallest absolute Gasteiger partial charge is 0.197 e. The molecule has 4 heteroatoms. The van der Waals surface area contributed by atoms with Crippen molar-refractivity contribution < 1.29 is 13.6 Å². The quantitative estimate of drug-likeness (QED) is 0.726. The van der Waals surface area contributed by atoms with Crippen LogP contribution in [0.4, 0.5) is 8.78 Å². The van der Waals surface area contributed by atoms with Crippen molar-refractivity contribution >= 4 is 5.78 Å². The first kappa shape index (κ1) is 10.4. The number of pyridine rings is 1.